The quantitative estimate of drug-likeness (QED) is 0.559. The van der Waals surface area contributed by atoms with E-state index < -0.39 is 11.9 Å². The number of hydrogen-bond acceptors (Lipinski definition) is 7. The minimum atomic E-state index is -0.639. The van der Waals surface area contributed by atoms with Gasteiger partial charge in [0.05, 0.1) is 24.7 Å². The highest BCUT2D eigenvalue weighted by molar-refractivity contribution is 5.89. The highest BCUT2D eigenvalue weighted by Gasteiger charge is 2.18. The fraction of sp³-hybridized carbons (Fsp3) is 0.118. The molecule has 0 aliphatic carbocycles. The van der Waals surface area contributed by atoms with Crippen molar-refractivity contribution < 1.29 is 23.5 Å². The van der Waals surface area contributed by atoms with Gasteiger partial charge in [0.25, 0.3) is 0 Å². The molecule has 0 saturated heterocycles. The van der Waals surface area contributed by atoms with Gasteiger partial charge in [-0.15, -0.1) is 0 Å². The molecule has 0 spiro atoms. The van der Waals surface area contributed by atoms with Crippen molar-refractivity contribution in [3.63, 3.8) is 0 Å². The van der Waals surface area contributed by atoms with E-state index >= 15 is 0 Å². The van der Waals surface area contributed by atoms with Gasteiger partial charge >= 0.3 is 11.9 Å². The summed E-state index contributed by atoms with van der Waals surface area (Å²) < 4.78 is 16.3. The van der Waals surface area contributed by atoms with Gasteiger partial charge in [0, 0.05) is 11.8 Å². The van der Waals surface area contributed by atoms with Gasteiger partial charge in [-0.25, -0.2) is 14.3 Å². The molecule has 0 fully saturated rings. The Hall–Kier alpha value is -3.55. The molecule has 1 aromatic carbocycles. The molecule has 0 radical (unpaired) electrons. The van der Waals surface area contributed by atoms with Crippen molar-refractivity contribution in [3.05, 3.63) is 65.9 Å². The smallest absolute Gasteiger partial charge is 0.374 e. The monoisotopic (exact) mass is 341 g/mol. The van der Waals surface area contributed by atoms with E-state index in [4.69, 9.17) is 14.9 Å². The lowest BCUT2D eigenvalue weighted by molar-refractivity contribution is 0.0447. The van der Waals surface area contributed by atoms with E-state index in [9.17, 15) is 9.59 Å². The van der Waals surface area contributed by atoms with Gasteiger partial charge < -0.3 is 19.6 Å². The number of para-hydroxylation sites is 2. The van der Waals surface area contributed by atoms with Crippen LogP contribution < -0.4 is 5.73 Å². The van der Waals surface area contributed by atoms with Crippen molar-refractivity contribution in [3.8, 4) is 5.69 Å². The number of furan rings is 1. The molecular formula is C17H15N3O5. The molecule has 128 valence electrons. The predicted molar refractivity (Wildman–Crippen MR) is 87.1 cm³/mol. The lowest BCUT2D eigenvalue weighted by atomic mass is 10.2. The zero-order valence-electron chi connectivity index (χ0n) is 13.3. The molecule has 2 aromatic heterocycles. The second kappa shape index (κ2) is 6.91. The van der Waals surface area contributed by atoms with Crippen LogP contribution in [0, 0.1) is 0 Å². The SMILES string of the molecule is COC(=O)c1occc1COC(=O)c1ccn(-c2ccccc2N)n1. The number of nitrogen functional groups attached to an aromatic ring is 1. The van der Waals surface area contributed by atoms with Gasteiger partial charge in [0.1, 0.15) is 6.61 Å². The molecule has 0 amide bonds. The van der Waals surface area contributed by atoms with Crippen molar-refractivity contribution in [2.24, 2.45) is 0 Å². The van der Waals surface area contributed by atoms with E-state index in [-0.39, 0.29) is 18.1 Å². The number of ether oxygens (including phenoxy) is 2. The van der Waals surface area contributed by atoms with E-state index in [1.54, 1.807) is 24.4 Å². The predicted octanol–water partition coefficient (Wildman–Crippen LogP) is 2.19. The number of nitrogens with two attached hydrogens (primary N) is 1. The number of rotatable bonds is 5. The van der Waals surface area contributed by atoms with Crippen molar-refractivity contribution in [1.82, 2.24) is 9.78 Å². The van der Waals surface area contributed by atoms with Crippen LogP contribution in [-0.2, 0) is 16.1 Å². The normalized spacial score (nSPS) is 10.4. The number of carbonyl (C=O) groups excluding carboxylic acids is 2. The molecule has 2 N–H and O–H groups in total. The van der Waals surface area contributed by atoms with Crippen LogP contribution in [0.3, 0.4) is 0 Å². The topological polar surface area (TPSA) is 110 Å². The third-order valence-corrected chi connectivity index (χ3v) is 3.46. The van der Waals surface area contributed by atoms with Crippen LogP contribution in [0.5, 0.6) is 0 Å². The van der Waals surface area contributed by atoms with Crippen LogP contribution in [0.4, 0.5) is 5.69 Å². The Bertz CT molecular complexity index is 912. The summed E-state index contributed by atoms with van der Waals surface area (Å²) in [6.07, 6.45) is 2.93. The number of esters is 2. The van der Waals surface area contributed by atoms with Crippen molar-refractivity contribution in [2.75, 3.05) is 12.8 Å². The number of carbonyl (C=O) groups is 2. The van der Waals surface area contributed by atoms with E-state index in [2.05, 4.69) is 9.84 Å². The standard InChI is InChI=1S/C17H15N3O5/c1-23-17(22)15-11(7-9-24-15)10-25-16(21)13-6-8-20(19-13)14-5-3-2-4-12(14)18/h2-9H,10,18H2,1H3. The maximum absolute atomic E-state index is 12.1. The first-order valence-corrected chi connectivity index (χ1v) is 7.32. The van der Waals surface area contributed by atoms with E-state index in [0.717, 1.165) is 0 Å². The van der Waals surface area contributed by atoms with Crippen molar-refractivity contribution in [1.29, 1.82) is 0 Å². The van der Waals surface area contributed by atoms with Crippen LogP contribution in [0.1, 0.15) is 26.6 Å². The summed E-state index contributed by atoms with van der Waals surface area (Å²) in [6, 6.07) is 10.2. The number of nitrogens with zero attached hydrogens (tertiary/aromatic N) is 2. The summed E-state index contributed by atoms with van der Waals surface area (Å²) in [5.41, 5.74) is 7.60. The second-order valence-corrected chi connectivity index (χ2v) is 5.05. The third-order valence-electron chi connectivity index (χ3n) is 3.46. The molecule has 0 aliphatic rings. The van der Waals surface area contributed by atoms with Gasteiger partial charge in [-0.05, 0) is 24.3 Å². The minimum Gasteiger partial charge on any atom is -0.463 e. The first-order valence-electron chi connectivity index (χ1n) is 7.32. The maximum Gasteiger partial charge on any atom is 0.374 e. The molecule has 0 atom stereocenters. The molecule has 25 heavy (non-hydrogen) atoms. The van der Waals surface area contributed by atoms with Crippen LogP contribution in [0.2, 0.25) is 0 Å². The maximum atomic E-state index is 12.1. The summed E-state index contributed by atoms with van der Waals surface area (Å²) in [6.45, 7) is -0.139. The van der Waals surface area contributed by atoms with Gasteiger partial charge in [-0.3, -0.25) is 0 Å². The number of benzene rings is 1. The average molecular weight is 341 g/mol. The van der Waals surface area contributed by atoms with Gasteiger partial charge in [-0.1, -0.05) is 12.1 Å². The number of aromatic nitrogens is 2. The van der Waals surface area contributed by atoms with Crippen molar-refractivity contribution in [2.45, 2.75) is 6.61 Å². The largest absolute Gasteiger partial charge is 0.463 e. The summed E-state index contributed by atoms with van der Waals surface area (Å²) in [4.78, 5) is 23.7. The second-order valence-electron chi connectivity index (χ2n) is 5.05. The molecule has 0 unspecified atom stereocenters. The summed E-state index contributed by atoms with van der Waals surface area (Å²) in [7, 11) is 1.24. The van der Waals surface area contributed by atoms with Gasteiger partial charge in [0.15, 0.2) is 5.69 Å². The highest BCUT2D eigenvalue weighted by atomic mass is 16.5. The molecule has 3 rings (SSSR count). The Balaban J connectivity index is 1.70. The van der Waals surface area contributed by atoms with E-state index in [1.807, 2.05) is 6.07 Å². The Labute approximate surface area is 142 Å². The molecule has 2 heterocycles. The minimum absolute atomic E-state index is 0.00196. The van der Waals surface area contributed by atoms with E-state index in [0.29, 0.717) is 16.9 Å². The average Bonchev–Trinajstić information content (AvgIpc) is 3.29. The first-order chi connectivity index (χ1) is 12.1. The lowest BCUT2D eigenvalue weighted by Gasteiger charge is -2.05. The zero-order valence-corrected chi connectivity index (χ0v) is 13.3. The van der Waals surface area contributed by atoms with Gasteiger partial charge in [0.2, 0.25) is 5.76 Å². The van der Waals surface area contributed by atoms with Crippen LogP contribution in [0.15, 0.2) is 53.3 Å². The zero-order chi connectivity index (χ0) is 17.8. The summed E-state index contributed by atoms with van der Waals surface area (Å²) in [5.74, 6) is -1.27. The fourth-order valence-electron chi connectivity index (χ4n) is 2.20. The molecule has 0 bridgehead atoms. The Morgan fingerprint density at radius 2 is 2.00 bits per heavy atom. The number of methoxy groups -OCH3 is 1. The van der Waals surface area contributed by atoms with E-state index in [1.165, 1.54) is 30.2 Å². The number of anilines is 1. The Morgan fingerprint density at radius 3 is 2.76 bits per heavy atom. The third kappa shape index (κ3) is 3.37. The Kier molecular flexibility index (Phi) is 4.51. The van der Waals surface area contributed by atoms with Crippen LogP contribution in [-0.4, -0.2) is 28.8 Å². The van der Waals surface area contributed by atoms with Crippen LogP contribution >= 0.6 is 0 Å². The number of hydrogen-bond donors (Lipinski definition) is 1. The van der Waals surface area contributed by atoms with Crippen LogP contribution in [0.25, 0.3) is 5.69 Å². The van der Waals surface area contributed by atoms with Crippen molar-refractivity contribution >= 4 is 17.6 Å². The summed E-state index contributed by atoms with van der Waals surface area (Å²) in [5, 5.41) is 4.16. The Morgan fingerprint density at radius 1 is 1.20 bits per heavy atom. The molecule has 0 aliphatic heterocycles. The molecular weight excluding hydrogens is 326 g/mol. The molecule has 8 nitrogen and oxygen atoms in total. The first kappa shape index (κ1) is 16.3. The molecule has 3 aromatic rings. The molecule has 8 heteroatoms. The molecule has 0 saturated carbocycles. The lowest BCUT2D eigenvalue weighted by Crippen LogP contribution is -2.09. The highest BCUT2D eigenvalue weighted by Crippen LogP contribution is 2.17. The summed E-state index contributed by atoms with van der Waals surface area (Å²) >= 11 is 0. The fourth-order valence-corrected chi connectivity index (χ4v) is 2.20. The van der Waals surface area contributed by atoms with Gasteiger partial charge in [-0.2, -0.15) is 5.10 Å².